The summed E-state index contributed by atoms with van der Waals surface area (Å²) >= 11 is 1.60. The molecule has 0 saturated heterocycles. The zero-order chi connectivity index (χ0) is 18.6. The van der Waals surface area contributed by atoms with Crippen molar-refractivity contribution in [2.24, 2.45) is 5.92 Å². The second kappa shape index (κ2) is 8.45. The number of anilines is 1. The lowest BCUT2D eigenvalue weighted by Gasteiger charge is -2.29. The van der Waals surface area contributed by atoms with E-state index in [4.69, 9.17) is 0 Å². The molecule has 0 spiro atoms. The third-order valence-electron chi connectivity index (χ3n) is 4.80. The number of hydrogen-bond acceptors (Lipinski definition) is 6. The normalized spacial score (nSPS) is 21.0. The summed E-state index contributed by atoms with van der Waals surface area (Å²) in [6, 6.07) is 6.22. The summed E-state index contributed by atoms with van der Waals surface area (Å²) in [5, 5.41) is 6.10. The maximum absolute atomic E-state index is 11.9. The molecule has 3 rings (SSSR count). The molecule has 0 atom stereocenters. The van der Waals surface area contributed by atoms with Gasteiger partial charge in [-0.3, -0.25) is 4.98 Å². The first-order chi connectivity index (χ1) is 12.4. The Morgan fingerprint density at radius 2 is 1.96 bits per heavy atom. The lowest BCUT2D eigenvalue weighted by atomic mass is 9.86. The van der Waals surface area contributed by atoms with E-state index >= 15 is 0 Å². The van der Waals surface area contributed by atoms with Crippen LogP contribution in [0.1, 0.15) is 39.5 Å². The highest BCUT2D eigenvalue weighted by Gasteiger charge is 2.24. The first kappa shape index (κ1) is 19.3. The van der Waals surface area contributed by atoms with E-state index in [-0.39, 0.29) is 5.25 Å². The van der Waals surface area contributed by atoms with Crippen molar-refractivity contribution in [1.82, 2.24) is 14.7 Å². The first-order valence-corrected chi connectivity index (χ1v) is 11.5. The van der Waals surface area contributed by atoms with Crippen LogP contribution < -0.4 is 10.0 Å². The molecule has 1 fully saturated rings. The predicted molar refractivity (Wildman–Crippen MR) is 107 cm³/mol. The average Bonchev–Trinajstić information content (AvgIpc) is 3.10. The van der Waals surface area contributed by atoms with E-state index in [2.05, 4.69) is 20.0 Å². The molecule has 8 heteroatoms. The molecule has 2 N–H and O–H groups in total. The van der Waals surface area contributed by atoms with Crippen LogP contribution in [0.15, 0.2) is 29.8 Å². The Balaban J connectivity index is 1.47. The Morgan fingerprint density at radius 3 is 2.62 bits per heavy atom. The third kappa shape index (κ3) is 5.02. The maximum Gasteiger partial charge on any atom is 0.213 e. The van der Waals surface area contributed by atoms with E-state index in [1.165, 1.54) is 0 Å². The molecule has 2 aromatic heterocycles. The molecular weight excluding hydrogens is 368 g/mol. The van der Waals surface area contributed by atoms with Crippen molar-refractivity contribution in [2.45, 2.75) is 50.8 Å². The summed E-state index contributed by atoms with van der Waals surface area (Å²) in [6.07, 6.45) is 5.89. The van der Waals surface area contributed by atoms with Crippen molar-refractivity contribution in [2.75, 3.05) is 11.9 Å². The quantitative estimate of drug-likeness (QED) is 0.751. The zero-order valence-corrected chi connectivity index (χ0v) is 16.8. The van der Waals surface area contributed by atoms with E-state index in [0.717, 1.165) is 42.2 Å². The molecule has 1 aliphatic carbocycles. The molecule has 1 aliphatic rings. The van der Waals surface area contributed by atoms with Gasteiger partial charge in [-0.2, -0.15) is 0 Å². The van der Waals surface area contributed by atoms with E-state index in [0.29, 0.717) is 18.5 Å². The standard InChI is InChI=1S/C18H26N4O2S2/c1-13(2)26(23,24)20-11-14-6-8-15(9-7-14)21-18-22-17(12-25-18)16-5-3-4-10-19-16/h3-5,10,12-15,20H,6-9,11H2,1-2H3,(H,21,22)/t14-,15-. The van der Waals surface area contributed by atoms with Crippen LogP contribution in [0.3, 0.4) is 0 Å². The summed E-state index contributed by atoms with van der Waals surface area (Å²) < 4.78 is 26.5. The molecule has 142 valence electrons. The average molecular weight is 395 g/mol. The highest BCUT2D eigenvalue weighted by Crippen LogP contribution is 2.29. The summed E-state index contributed by atoms with van der Waals surface area (Å²) in [5.74, 6) is 0.418. The molecule has 0 amide bonds. The number of nitrogens with zero attached hydrogens (tertiary/aromatic N) is 2. The number of thiazole rings is 1. The molecule has 0 unspecified atom stereocenters. The molecule has 0 aliphatic heterocycles. The second-order valence-electron chi connectivity index (χ2n) is 7.06. The van der Waals surface area contributed by atoms with Crippen LogP contribution in [-0.4, -0.2) is 36.2 Å². The molecule has 1 saturated carbocycles. The van der Waals surface area contributed by atoms with E-state index < -0.39 is 10.0 Å². The Kier molecular flexibility index (Phi) is 6.26. The molecule has 6 nitrogen and oxygen atoms in total. The van der Waals surface area contributed by atoms with Crippen molar-refractivity contribution in [3.63, 3.8) is 0 Å². The third-order valence-corrected chi connectivity index (χ3v) is 7.38. The number of hydrogen-bond donors (Lipinski definition) is 2. The highest BCUT2D eigenvalue weighted by atomic mass is 32.2. The monoisotopic (exact) mass is 394 g/mol. The number of sulfonamides is 1. The number of nitrogens with one attached hydrogen (secondary N) is 2. The fourth-order valence-corrected chi connectivity index (χ4v) is 4.64. The fraction of sp³-hybridized carbons (Fsp3) is 0.556. The topological polar surface area (TPSA) is 84.0 Å². The van der Waals surface area contributed by atoms with Crippen LogP contribution in [0, 0.1) is 5.92 Å². The van der Waals surface area contributed by atoms with Gasteiger partial charge in [-0.05, 0) is 57.6 Å². The molecule has 0 aromatic carbocycles. The van der Waals surface area contributed by atoms with E-state index in [1.807, 2.05) is 23.6 Å². The first-order valence-electron chi connectivity index (χ1n) is 9.06. The van der Waals surface area contributed by atoms with Gasteiger partial charge in [-0.15, -0.1) is 11.3 Å². The number of pyridine rings is 1. The molecule has 2 aromatic rings. The van der Waals surface area contributed by atoms with Gasteiger partial charge in [-0.1, -0.05) is 6.07 Å². The van der Waals surface area contributed by atoms with Crippen molar-refractivity contribution in [3.05, 3.63) is 29.8 Å². The van der Waals surface area contributed by atoms with Crippen molar-refractivity contribution >= 4 is 26.5 Å². The molecule has 2 heterocycles. The van der Waals surface area contributed by atoms with Crippen LogP contribution in [0.25, 0.3) is 11.4 Å². The van der Waals surface area contributed by atoms with Gasteiger partial charge in [0.25, 0.3) is 0 Å². The van der Waals surface area contributed by atoms with Gasteiger partial charge in [0.15, 0.2) is 5.13 Å². The zero-order valence-electron chi connectivity index (χ0n) is 15.2. The highest BCUT2D eigenvalue weighted by molar-refractivity contribution is 7.90. The van der Waals surface area contributed by atoms with Gasteiger partial charge in [0, 0.05) is 24.2 Å². The smallest absolute Gasteiger partial charge is 0.213 e. The van der Waals surface area contributed by atoms with Crippen molar-refractivity contribution in [1.29, 1.82) is 0 Å². The maximum atomic E-state index is 11.9. The minimum atomic E-state index is -3.16. The molecule has 26 heavy (non-hydrogen) atoms. The second-order valence-corrected chi connectivity index (χ2v) is 10.2. The van der Waals surface area contributed by atoms with Crippen LogP contribution in [0.2, 0.25) is 0 Å². The van der Waals surface area contributed by atoms with Crippen molar-refractivity contribution in [3.8, 4) is 11.4 Å². The number of aromatic nitrogens is 2. The van der Waals surface area contributed by atoms with Gasteiger partial charge in [0.1, 0.15) is 5.69 Å². The van der Waals surface area contributed by atoms with Gasteiger partial charge >= 0.3 is 0 Å². The molecule has 0 bridgehead atoms. The Bertz CT molecular complexity index is 798. The van der Waals surface area contributed by atoms with Gasteiger partial charge in [-0.25, -0.2) is 18.1 Å². The van der Waals surface area contributed by atoms with E-state index in [9.17, 15) is 8.42 Å². The summed E-state index contributed by atoms with van der Waals surface area (Å²) in [6.45, 7) is 3.96. The SMILES string of the molecule is CC(C)S(=O)(=O)NC[C@H]1CC[C@H](Nc2nc(-c3ccccn3)cs2)CC1. The van der Waals surface area contributed by atoms with Gasteiger partial charge in [0.2, 0.25) is 10.0 Å². The Hall–Kier alpha value is -1.51. The lowest BCUT2D eigenvalue weighted by molar-refractivity contribution is 0.337. The summed E-state index contributed by atoms with van der Waals surface area (Å²) in [4.78, 5) is 8.97. The minimum absolute atomic E-state index is 0.376. The summed E-state index contributed by atoms with van der Waals surface area (Å²) in [7, 11) is -3.16. The van der Waals surface area contributed by atoms with Crippen LogP contribution >= 0.6 is 11.3 Å². The molecular formula is C18H26N4O2S2. The fourth-order valence-electron chi connectivity index (χ4n) is 3.06. The number of rotatable bonds is 7. The van der Waals surface area contributed by atoms with Crippen LogP contribution in [0.4, 0.5) is 5.13 Å². The lowest BCUT2D eigenvalue weighted by Crippen LogP contribution is -2.37. The van der Waals surface area contributed by atoms with Crippen molar-refractivity contribution < 1.29 is 8.42 Å². The Morgan fingerprint density at radius 1 is 1.19 bits per heavy atom. The Labute approximate surface area is 159 Å². The largest absolute Gasteiger partial charge is 0.359 e. The van der Waals surface area contributed by atoms with Gasteiger partial charge < -0.3 is 5.32 Å². The van der Waals surface area contributed by atoms with Crippen LogP contribution in [0.5, 0.6) is 0 Å². The van der Waals surface area contributed by atoms with E-state index in [1.54, 1.807) is 31.4 Å². The minimum Gasteiger partial charge on any atom is -0.359 e. The summed E-state index contributed by atoms with van der Waals surface area (Å²) in [5.41, 5.74) is 1.79. The predicted octanol–water partition coefficient (Wildman–Crippen LogP) is 3.50. The van der Waals surface area contributed by atoms with Crippen LogP contribution in [-0.2, 0) is 10.0 Å². The van der Waals surface area contributed by atoms with Gasteiger partial charge in [0.05, 0.1) is 10.9 Å². The molecule has 0 radical (unpaired) electrons.